The summed E-state index contributed by atoms with van der Waals surface area (Å²) < 4.78 is 0. The maximum atomic E-state index is 5.12. The van der Waals surface area contributed by atoms with Gasteiger partial charge in [0.25, 0.3) is 0 Å². The van der Waals surface area contributed by atoms with Crippen LogP contribution in [0.4, 0.5) is 0 Å². The Morgan fingerprint density at radius 1 is 0.543 bits per heavy atom. The van der Waals surface area contributed by atoms with Gasteiger partial charge in [0, 0.05) is 10.9 Å². The van der Waals surface area contributed by atoms with Crippen LogP contribution in [0, 0.1) is 0 Å². The first kappa shape index (κ1) is 21.7. The molecular weight excluding hydrogens is 441 g/mol. The minimum absolute atomic E-state index is 0.0895. The van der Waals surface area contributed by atoms with E-state index in [4.69, 9.17) is 4.98 Å². The molecule has 1 aromatic heterocycles. The lowest BCUT2D eigenvalue weighted by Crippen LogP contribution is -1.97. The molecule has 2 heteroatoms. The molecule has 0 saturated heterocycles. The van der Waals surface area contributed by atoms with Crippen LogP contribution in [-0.4, -0.2) is 18.3 Å². The third-order valence-electron chi connectivity index (χ3n) is 6.66. The van der Waals surface area contributed by atoms with Crippen molar-refractivity contribution in [3.63, 3.8) is 0 Å². The molecule has 0 fully saturated rings. The van der Waals surface area contributed by atoms with Gasteiger partial charge in [0.05, 0.1) is 11.2 Å². The zero-order valence-electron chi connectivity index (χ0n) is 19.9. The molecule has 0 unspecified atom stereocenters. The van der Waals surface area contributed by atoms with Crippen molar-refractivity contribution in [1.82, 2.24) is 4.98 Å². The minimum Gasteiger partial charge on any atom is -0.248 e. The van der Waals surface area contributed by atoms with Crippen LogP contribution in [0.15, 0.2) is 121 Å². The fourth-order valence-electron chi connectivity index (χ4n) is 4.79. The third-order valence-corrected chi connectivity index (χ3v) is 7.99. The van der Waals surface area contributed by atoms with Gasteiger partial charge < -0.3 is 0 Å². The van der Waals surface area contributed by atoms with E-state index in [0.29, 0.717) is 0 Å². The fourth-order valence-corrected chi connectivity index (χ4v) is 5.53. The van der Waals surface area contributed by atoms with Gasteiger partial charge in [-0.3, -0.25) is 0 Å². The Labute approximate surface area is 207 Å². The number of aromatic nitrogens is 1. The standard InChI is InChI=1S/C33H26NP/c1-35(2)28-18-15-23(16-19-28)27-14-13-25-17-20-31-33(29(25)21-27)30(24-9-5-3-6-10-24)22-32(34-31)26-11-7-4-8-12-26/h3-22H,1-2H3. The van der Waals surface area contributed by atoms with Crippen molar-refractivity contribution in [2.45, 2.75) is 0 Å². The number of hydrogen-bond donors (Lipinski definition) is 0. The molecule has 0 aliphatic heterocycles. The summed E-state index contributed by atoms with van der Waals surface area (Å²) in [4.78, 5) is 5.12. The highest BCUT2D eigenvalue weighted by Gasteiger charge is 2.13. The van der Waals surface area contributed by atoms with Crippen LogP contribution < -0.4 is 5.30 Å². The zero-order chi connectivity index (χ0) is 23.8. The molecule has 5 aromatic carbocycles. The molecule has 0 N–H and O–H groups in total. The van der Waals surface area contributed by atoms with Gasteiger partial charge in [-0.15, -0.1) is 0 Å². The van der Waals surface area contributed by atoms with Crippen LogP contribution in [0.3, 0.4) is 0 Å². The lowest BCUT2D eigenvalue weighted by molar-refractivity contribution is 1.40. The highest BCUT2D eigenvalue weighted by molar-refractivity contribution is 7.64. The van der Waals surface area contributed by atoms with Gasteiger partial charge in [-0.1, -0.05) is 111 Å². The lowest BCUT2D eigenvalue weighted by Gasteiger charge is -2.14. The molecule has 0 spiro atoms. The predicted molar refractivity (Wildman–Crippen MR) is 154 cm³/mol. The van der Waals surface area contributed by atoms with E-state index in [-0.39, 0.29) is 7.92 Å². The molecular formula is C33H26NP. The van der Waals surface area contributed by atoms with E-state index in [1.165, 1.54) is 43.7 Å². The van der Waals surface area contributed by atoms with E-state index in [0.717, 1.165) is 16.8 Å². The van der Waals surface area contributed by atoms with Crippen molar-refractivity contribution in [2.75, 3.05) is 13.3 Å². The summed E-state index contributed by atoms with van der Waals surface area (Å²) in [6.45, 7) is 4.60. The SMILES string of the molecule is CP(C)c1ccc(-c2ccc3ccc4nc(-c5ccccc5)cc(-c5ccccc5)c4c3c2)cc1. The number of rotatable bonds is 4. The monoisotopic (exact) mass is 467 g/mol. The van der Waals surface area contributed by atoms with Crippen molar-refractivity contribution < 1.29 is 0 Å². The molecule has 168 valence electrons. The van der Waals surface area contributed by atoms with E-state index in [1.807, 2.05) is 6.07 Å². The Morgan fingerprint density at radius 2 is 1.17 bits per heavy atom. The molecule has 1 nitrogen and oxygen atoms in total. The maximum absolute atomic E-state index is 5.12. The van der Waals surface area contributed by atoms with E-state index in [1.54, 1.807) is 0 Å². The number of hydrogen-bond acceptors (Lipinski definition) is 1. The highest BCUT2D eigenvalue weighted by atomic mass is 31.1. The Morgan fingerprint density at radius 3 is 1.86 bits per heavy atom. The third kappa shape index (κ3) is 4.14. The van der Waals surface area contributed by atoms with Gasteiger partial charge in [-0.05, 0) is 69.9 Å². The second-order valence-electron chi connectivity index (χ2n) is 9.12. The minimum atomic E-state index is -0.0895. The van der Waals surface area contributed by atoms with Crippen LogP contribution in [0.1, 0.15) is 0 Å². The predicted octanol–water partition coefficient (Wildman–Crippen LogP) is 8.76. The molecule has 0 atom stereocenters. The molecule has 35 heavy (non-hydrogen) atoms. The second-order valence-corrected chi connectivity index (χ2v) is 11.4. The first-order valence-electron chi connectivity index (χ1n) is 11.9. The summed E-state index contributed by atoms with van der Waals surface area (Å²) in [5.41, 5.74) is 8.06. The molecule has 6 aromatic rings. The van der Waals surface area contributed by atoms with Gasteiger partial charge in [-0.25, -0.2) is 4.98 Å². The van der Waals surface area contributed by atoms with Crippen LogP contribution >= 0.6 is 7.92 Å². The normalized spacial score (nSPS) is 11.4. The van der Waals surface area contributed by atoms with E-state index in [9.17, 15) is 0 Å². The van der Waals surface area contributed by atoms with Gasteiger partial charge in [0.1, 0.15) is 0 Å². The van der Waals surface area contributed by atoms with Gasteiger partial charge in [0.15, 0.2) is 0 Å². The van der Waals surface area contributed by atoms with Gasteiger partial charge in [0.2, 0.25) is 0 Å². The number of benzene rings is 5. The summed E-state index contributed by atoms with van der Waals surface area (Å²) >= 11 is 0. The van der Waals surface area contributed by atoms with Gasteiger partial charge >= 0.3 is 0 Å². The van der Waals surface area contributed by atoms with Crippen LogP contribution in [-0.2, 0) is 0 Å². The zero-order valence-corrected chi connectivity index (χ0v) is 20.8. The van der Waals surface area contributed by atoms with Crippen molar-refractivity contribution in [1.29, 1.82) is 0 Å². The number of pyridine rings is 1. The average Bonchev–Trinajstić information content (AvgIpc) is 2.93. The molecule has 0 amide bonds. The molecule has 1 heterocycles. The fraction of sp³-hybridized carbons (Fsp3) is 0.0606. The van der Waals surface area contributed by atoms with E-state index >= 15 is 0 Å². The van der Waals surface area contributed by atoms with Gasteiger partial charge in [-0.2, -0.15) is 0 Å². The quantitative estimate of drug-likeness (QED) is 0.187. The second kappa shape index (κ2) is 9.10. The maximum Gasteiger partial charge on any atom is 0.0722 e. The molecule has 6 rings (SSSR count). The Bertz CT molecular complexity index is 1640. The van der Waals surface area contributed by atoms with Crippen molar-refractivity contribution in [3.05, 3.63) is 121 Å². The highest BCUT2D eigenvalue weighted by Crippen LogP contribution is 2.38. The molecule has 0 saturated carbocycles. The average molecular weight is 468 g/mol. The molecule has 0 radical (unpaired) electrons. The summed E-state index contributed by atoms with van der Waals surface area (Å²) in [6.07, 6.45) is 0. The summed E-state index contributed by atoms with van der Waals surface area (Å²) in [5.74, 6) is 0. The largest absolute Gasteiger partial charge is 0.248 e. The topological polar surface area (TPSA) is 12.9 Å². The first-order chi connectivity index (χ1) is 17.2. The van der Waals surface area contributed by atoms with Crippen molar-refractivity contribution in [3.8, 4) is 33.5 Å². The smallest absolute Gasteiger partial charge is 0.0722 e. The van der Waals surface area contributed by atoms with Crippen LogP contribution in [0.25, 0.3) is 55.2 Å². The molecule has 0 aliphatic rings. The summed E-state index contributed by atoms with van der Waals surface area (Å²) in [7, 11) is -0.0895. The Kier molecular flexibility index (Phi) is 5.64. The van der Waals surface area contributed by atoms with E-state index < -0.39 is 0 Å². The lowest BCUT2D eigenvalue weighted by atomic mass is 9.93. The first-order valence-corrected chi connectivity index (χ1v) is 14.2. The Balaban J connectivity index is 1.62. The van der Waals surface area contributed by atoms with E-state index in [2.05, 4.69) is 129 Å². The Hall–Kier alpha value is -3.80. The number of nitrogens with zero attached hydrogens (tertiary/aromatic N) is 1. The summed E-state index contributed by atoms with van der Waals surface area (Å²) in [6, 6.07) is 43.6. The molecule has 0 aliphatic carbocycles. The summed E-state index contributed by atoms with van der Waals surface area (Å²) in [5, 5.41) is 5.11. The van der Waals surface area contributed by atoms with Crippen LogP contribution in [0.5, 0.6) is 0 Å². The van der Waals surface area contributed by atoms with Crippen molar-refractivity contribution >= 4 is 34.9 Å². The number of fused-ring (bicyclic) bond motifs is 3. The molecule has 0 bridgehead atoms. The van der Waals surface area contributed by atoms with Crippen LogP contribution in [0.2, 0.25) is 0 Å². The van der Waals surface area contributed by atoms with Crippen molar-refractivity contribution in [2.24, 2.45) is 0 Å².